The van der Waals surface area contributed by atoms with E-state index in [1.165, 1.54) is 18.2 Å². The highest BCUT2D eigenvalue weighted by atomic mass is 35.5. The molecule has 2 atom stereocenters. The van der Waals surface area contributed by atoms with Crippen LogP contribution < -0.4 is 15.0 Å². The van der Waals surface area contributed by atoms with Crippen molar-refractivity contribution in [3.05, 3.63) is 47.1 Å². The van der Waals surface area contributed by atoms with E-state index in [0.29, 0.717) is 42.7 Å². The maximum absolute atomic E-state index is 13.5. The van der Waals surface area contributed by atoms with E-state index in [-0.39, 0.29) is 11.1 Å². The smallest absolute Gasteiger partial charge is 0.322 e. The minimum Gasteiger partial charge on any atom is -0.424 e. The van der Waals surface area contributed by atoms with Crippen molar-refractivity contribution >= 4 is 23.4 Å². The molecule has 2 fully saturated rings. The Balaban J connectivity index is 1.31. The first kappa shape index (κ1) is 22.8. The summed E-state index contributed by atoms with van der Waals surface area (Å²) >= 11 is 5.90. The third-order valence-electron chi connectivity index (χ3n) is 6.49. The van der Waals surface area contributed by atoms with Gasteiger partial charge in [0.25, 0.3) is 0 Å². The van der Waals surface area contributed by atoms with Gasteiger partial charge in [-0.2, -0.15) is 4.98 Å². The van der Waals surface area contributed by atoms with Gasteiger partial charge in [-0.15, -0.1) is 5.10 Å². The lowest BCUT2D eigenvalue weighted by atomic mass is 9.92. The number of hydrogen-bond acceptors (Lipinski definition) is 8. The largest absolute Gasteiger partial charge is 0.424 e. The molecule has 3 aromatic rings. The Morgan fingerprint density at radius 1 is 1.18 bits per heavy atom. The van der Waals surface area contributed by atoms with Crippen LogP contribution in [-0.4, -0.2) is 57.6 Å². The average molecular weight is 488 g/mol. The Morgan fingerprint density at radius 3 is 2.68 bits per heavy atom. The average Bonchev–Trinajstić information content (AvgIpc) is 3.29. The minimum atomic E-state index is -0.504. The van der Waals surface area contributed by atoms with E-state index in [1.807, 2.05) is 13.0 Å². The summed E-state index contributed by atoms with van der Waals surface area (Å²) in [4.78, 5) is 15.6. The van der Waals surface area contributed by atoms with Gasteiger partial charge in [0.2, 0.25) is 5.95 Å². The first-order valence-corrected chi connectivity index (χ1v) is 11.7. The van der Waals surface area contributed by atoms with Crippen LogP contribution in [-0.2, 0) is 11.3 Å². The van der Waals surface area contributed by atoms with Crippen LogP contribution in [0.4, 0.5) is 16.2 Å². The van der Waals surface area contributed by atoms with Crippen LogP contribution in [0.25, 0.3) is 0 Å². The zero-order valence-electron chi connectivity index (χ0n) is 19.1. The lowest BCUT2D eigenvalue weighted by Crippen LogP contribution is -2.48. The Hall–Kier alpha value is -2.98. The summed E-state index contributed by atoms with van der Waals surface area (Å²) in [5, 5.41) is 8.16. The number of piperidine rings is 1. The summed E-state index contributed by atoms with van der Waals surface area (Å²) in [5.41, 5.74) is 0.971. The number of benzene rings is 1. The Kier molecular flexibility index (Phi) is 6.51. The summed E-state index contributed by atoms with van der Waals surface area (Å²) in [6.45, 7) is 4.75. The molecule has 2 aromatic heterocycles. The number of ether oxygens (including phenoxy) is 2. The molecule has 5 rings (SSSR count). The predicted octanol–water partition coefficient (Wildman–Crippen LogP) is 3.93. The molecule has 2 bridgehead atoms. The molecule has 2 unspecified atom stereocenters. The molecule has 1 saturated carbocycles. The first-order chi connectivity index (χ1) is 16.5. The second-order valence-electron chi connectivity index (χ2n) is 8.80. The molecule has 2 aliphatic rings. The van der Waals surface area contributed by atoms with Crippen molar-refractivity contribution < 1.29 is 13.9 Å². The van der Waals surface area contributed by atoms with Gasteiger partial charge < -0.3 is 19.7 Å². The first-order valence-electron chi connectivity index (χ1n) is 11.4. The number of aromatic nitrogens is 5. The van der Waals surface area contributed by atoms with Crippen LogP contribution in [0.3, 0.4) is 0 Å². The van der Waals surface area contributed by atoms with Gasteiger partial charge in [0.15, 0.2) is 0 Å². The van der Waals surface area contributed by atoms with E-state index >= 15 is 0 Å². The van der Waals surface area contributed by atoms with Gasteiger partial charge in [0, 0.05) is 44.1 Å². The third-order valence-corrected chi connectivity index (χ3v) is 6.78. The van der Waals surface area contributed by atoms with E-state index in [9.17, 15) is 4.39 Å². The van der Waals surface area contributed by atoms with Crippen LogP contribution in [0.1, 0.15) is 18.5 Å². The minimum absolute atomic E-state index is 0.0129. The fourth-order valence-electron chi connectivity index (χ4n) is 4.84. The van der Waals surface area contributed by atoms with Crippen LogP contribution >= 0.6 is 11.6 Å². The molecule has 1 aliphatic carbocycles. The second kappa shape index (κ2) is 9.71. The van der Waals surface area contributed by atoms with Gasteiger partial charge in [-0.05, 0) is 43.7 Å². The van der Waals surface area contributed by atoms with Gasteiger partial charge in [-0.25, -0.2) is 19.0 Å². The van der Waals surface area contributed by atoms with Crippen molar-refractivity contribution in [2.75, 3.05) is 37.0 Å². The summed E-state index contributed by atoms with van der Waals surface area (Å²) < 4.78 is 26.3. The number of rotatable bonds is 8. The molecular weight excluding hydrogens is 461 g/mol. The molecule has 11 heteroatoms. The van der Waals surface area contributed by atoms with Crippen molar-refractivity contribution in [3.8, 4) is 11.8 Å². The van der Waals surface area contributed by atoms with E-state index in [4.69, 9.17) is 21.1 Å². The van der Waals surface area contributed by atoms with Crippen molar-refractivity contribution in [3.63, 3.8) is 0 Å². The molecule has 9 nitrogen and oxygen atoms in total. The topological polar surface area (TPSA) is 90.2 Å². The van der Waals surface area contributed by atoms with Crippen LogP contribution in [0.2, 0.25) is 5.02 Å². The Bertz CT molecular complexity index is 1150. The molecule has 34 heavy (non-hydrogen) atoms. The predicted molar refractivity (Wildman–Crippen MR) is 126 cm³/mol. The van der Waals surface area contributed by atoms with Crippen molar-refractivity contribution in [2.24, 2.45) is 11.8 Å². The van der Waals surface area contributed by atoms with Gasteiger partial charge in [-0.3, -0.25) is 0 Å². The van der Waals surface area contributed by atoms with Crippen molar-refractivity contribution in [1.29, 1.82) is 0 Å². The van der Waals surface area contributed by atoms with E-state index in [2.05, 4.69) is 30.3 Å². The highest BCUT2D eigenvalue weighted by Gasteiger charge is 2.43. The quantitative estimate of drug-likeness (QED) is 0.511. The van der Waals surface area contributed by atoms with E-state index in [1.54, 1.807) is 18.1 Å². The fourth-order valence-corrected chi connectivity index (χ4v) is 5.01. The van der Waals surface area contributed by atoms with E-state index in [0.717, 1.165) is 37.4 Å². The summed E-state index contributed by atoms with van der Waals surface area (Å²) in [5.74, 6) is 2.29. The molecule has 0 spiro atoms. The van der Waals surface area contributed by atoms with Crippen LogP contribution in [0, 0.1) is 24.6 Å². The van der Waals surface area contributed by atoms with Gasteiger partial charge in [-0.1, -0.05) is 11.6 Å². The van der Waals surface area contributed by atoms with Gasteiger partial charge in [0.05, 0.1) is 18.2 Å². The van der Waals surface area contributed by atoms with Crippen molar-refractivity contribution in [2.45, 2.75) is 32.4 Å². The highest BCUT2D eigenvalue weighted by Crippen LogP contribution is 2.40. The Labute approximate surface area is 202 Å². The molecule has 180 valence electrons. The highest BCUT2D eigenvalue weighted by molar-refractivity contribution is 6.30. The van der Waals surface area contributed by atoms with Gasteiger partial charge in [0.1, 0.15) is 23.7 Å². The number of nitrogens with one attached hydrogen (secondary N) is 1. The molecule has 1 saturated heterocycles. The maximum Gasteiger partial charge on any atom is 0.322 e. The number of fused-ring (bicyclic) bond motifs is 2. The lowest BCUT2D eigenvalue weighted by molar-refractivity contribution is 0.179. The third kappa shape index (κ3) is 4.78. The number of aryl methyl sites for hydroxylation is 1. The number of halogens is 2. The summed E-state index contributed by atoms with van der Waals surface area (Å²) in [6.07, 6.45) is 3.92. The molecular formula is C23H27ClFN7O2. The van der Waals surface area contributed by atoms with Crippen LogP contribution in [0.15, 0.2) is 30.6 Å². The normalized spacial score (nSPS) is 21.6. The summed E-state index contributed by atoms with van der Waals surface area (Å²) in [7, 11) is 1.63. The fraction of sp³-hybridized carbons (Fsp3) is 0.478. The van der Waals surface area contributed by atoms with Gasteiger partial charge >= 0.3 is 6.01 Å². The molecule has 1 N–H and O–H groups in total. The monoisotopic (exact) mass is 487 g/mol. The SMILES string of the molecule is COCCn1nc(NC2C3CCC2CN(c2cc(C)ncn2)C3)nc1Oc1ccc(F)c(Cl)c1. The molecule has 0 radical (unpaired) electrons. The zero-order chi connectivity index (χ0) is 23.7. The zero-order valence-corrected chi connectivity index (χ0v) is 19.9. The van der Waals surface area contributed by atoms with Crippen molar-refractivity contribution in [1.82, 2.24) is 24.7 Å². The molecule has 0 amide bonds. The maximum atomic E-state index is 13.5. The second-order valence-corrected chi connectivity index (χ2v) is 9.21. The number of anilines is 2. The molecule has 3 heterocycles. The lowest BCUT2D eigenvalue weighted by Gasteiger charge is -2.38. The van der Waals surface area contributed by atoms with E-state index < -0.39 is 5.82 Å². The number of hydrogen-bond donors (Lipinski definition) is 1. The number of methoxy groups -OCH3 is 1. The Morgan fingerprint density at radius 2 is 1.97 bits per heavy atom. The summed E-state index contributed by atoms with van der Waals surface area (Å²) in [6, 6.07) is 6.79. The standard InChI is InChI=1S/C23H27ClFN7O2/c1-14-9-20(27-13-26-14)31-11-15-3-4-16(12-31)21(15)28-22-29-23(32(30-22)7-8-33-2)34-17-5-6-19(25)18(24)10-17/h5-6,9-10,13,15-16,21H,3-4,7-8,11-12H2,1-2H3,(H,28,30). The molecule has 1 aromatic carbocycles. The molecule has 1 aliphatic heterocycles. The number of nitrogens with zero attached hydrogens (tertiary/aromatic N) is 6. The van der Waals surface area contributed by atoms with Crippen LogP contribution in [0.5, 0.6) is 11.8 Å².